The Kier molecular flexibility index (Phi) is 11.8. The van der Waals surface area contributed by atoms with Gasteiger partial charge in [0.1, 0.15) is 18.2 Å². The number of nitrogens with one attached hydrogen (secondary N) is 3. The Labute approximate surface area is 280 Å². The van der Waals surface area contributed by atoms with Crippen molar-refractivity contribution in [2.75, 3.05) is 20.3 Å². The smallest absolute Gasteiger partial charge is 0.338 e. The number of hydrazone groups is 1. The molecular weight excluding hydrogens is 766 g/mol. The van der Waals surface area contributed by atoms with Crippen LogP contribution in [0.3, 0.4) is 0 Å². The van der Waals surface area contributed by atoms with E-state index in [1.165, 1.54) is 19.4 Å². The minimum Gasteiger partial charge on any atom is -0.493 e. The van der Waals surface area contributed by atoms with E-state index in [-0.39, 0.29) is 36.1 Å². The molecule has 1 aliphatic rings. The molecule has 4 rings (SSSR count). The van der Waals surface area contributed by atoms with E-state index in [4.69, 9.17) is 18.9 Å². The van der Waals surface area contributed by atoms with Crippen molar-refractivity contribution in [2.24, 2.45) is 5.10 Å². The summed E-state index contributed by atoms with van der Waals surface area (Å²) in [6.07, 6.45) is 1.42. The fraction of sp³-hybridized carbons (Fsp3) is 0.226. The van der Waals surface area contributed by atoms with Gasteiger partial charge in [0.05, 0.1) is 35.1 Å². The van der Waals surface area contributed by atoms with Gasteiger partial charge in [0.15, 0.2) is 18.1 Å². The van der Waals surface area contributed by atoms with E-state index < -0.39 is 30.6 Å². The molecule has 45 heavy (non-hydrogen) atoms. The van der Waals surface area contributed by atoms with Crippen LogP contribution in [0.25, 0.3) is 0 Å². The van der Waals surface area contributed by atoms with Crippen LogP contribution in [0.1, 0.15) is 36.6 Å². The number of carbonyl (C=O) groups is 3. The SMILES string of the molecule is CCOC(=O)C1=C(C)NC(=O)N[C@H]1c1ccc(OCC(=O)N/N=C/c2cc(Br)cc(I)c2OCc2ccccc2F)c(OC)c1. The van der Waals surface area contributed by atoms with Crippen LogP contribution in [0.5, 0.6) is 17.2 Å². The lowest BCUT2D eigenvalue weighted by Crippen LogP contribution is -2.45. The number of urea groups is 1. The first kappa shape index (κ1) is 33.7. The third-order valence-electron chi connectivity index (χ3n) is 6.40. The highest BCUT2D eigenvalue weighted by Gasteiger charge is 2.32. The van der Waals surface area contributed by atoms with Crippen molar-refractivity contribution in [1.82, 2.24) is 16.1 Å². The summed E-state index contributed by atoms with van der Waals surface area (Å²) in [4.78, 5) is 37.3. The monoisotopic (exact) mass is 794 g/mol. The van der Waals surface area contributed by atoms with Crippen molar-refractivity contribution in [3.05, 3.63) is 96.4 Å². The van der Waals surface area contributed by atoms with Crippen LogP contribution in [0.15, 0.2) is 75.4 Å². The Morgan fingerprint density at radius 2 is 1.91 bits per heavy atom. The van der Waals surface area contributed by atoms with Crippen LogP contribution in [0.2, 0.25) is 0 Å². The van der Waals surface area contributed by atoms with Crippen LogP contribution >= 0.6 is 38.5 Å². The number of benzene rings is 3. The van der Waals surface area contributed by atoms with Crippen LogP contribution in [-0.4, -0.2) is 44.4 Å². The maximum absolute atomic E-state index is 14.1. The number of nitrogens with zero attached hydrogens (tertiary/aromatic N) is 1. The van der Waals surface area contributed by atoms with Gasteiger partial charge in [0, 0.05) is 21.3 Å². The van der Waals surface area contributed by atoms with Gasteiger partial charge in [-0.2, -0.15) is 5.10 Å². The van der Waals surface area contributed by atoms with Crippen molar-refractivity contribution < 1.29 is 37.7 Å². The first-order valence-corrected chi connectivity index (χ1v) is 15.4. The summed E-state index contributed by atoms with van der Waals surface area (Å²) in [5, 5.41) is 9.34. The van der Waals surface area contributed by atoms with Crippen molar-refractivity contribution in [3.63, 3.8) is 0 Å². The zero-order chi connectivity index (χ0) is 32.5. The number of hydrogen-bond acceptors (Lipinski definition) is 8. The molecule has 0 unspecified atom stereocenters. The van der Waals surface area contributed by atoms with Crippen molar-refractivity contribution in [2.45, 2.75) is 26.5 Å². The fourth-order valence-electron chi connectivity index (χ4n) is 4.35. The van der Waals surface area contributed by atoms with E-state index in [0.29, 0.717) is 28.1 Å². The molecule has 0 saturated heterocycles. The van der Waals surface area contributed by atoms with E-state index in [2.05, 4.69) is 59.7 Å². The molecule has 3 aromatic carbocycles. The lowest BCUT2D eigenvalue weighted by Gasteiger charge is -2.28. The Balaban J connectivity index is 1.42. The summed E-state index contributed by atoms with van der Waals surface area (Å²) >= 11 is 5.55. The topological polar surface area (TPSA) is 137 Å². The maximum Gasteiger partial charge on any atom is 0.338 e. The quantitative estimate of drug-likeness (QED) is 0.0954. The summed E-state index contributed by atoms with van der Waals surface area (Å²) in [6.45, 7) is 3.10. The number of halogens is 3. The minimum atomic E-state index is -0.792. The van der Waals surface area contributed by atoms with E-state index in [1.807, 2.05) is 6.07 Å². The summed E-state index contributed by atoms with van der Waals surface area (Å²) < 4.78 is 37.8. The number of carbonyl (C=O) groups excluding carboxylic acids is 3. The van der Waals surface area contributed by atoms with Crippen molar-refractivity contribution in [1.29, 1.82) is 0 Å². The van der Waals surface area contributed by atoms with E-state index >= 15 is 0 Å². The molecule has 0 aromatic heterocycles. The van der Waals surface area contributed by atoms with Crippen LogP contribution in [0.4, 0.5) is 9.18 Å². The molecule has 0 bridgehead atoms. The molecule has 1 atom stereocenters. The third kappa shape index (κ3) is 8.72. The van der Waals surface area contributed by atoms with Crippen LogP contribution < -0.4 is 30.3 Å². The highest BCUT2D eigenvalue weighted by atomic mass is 127. The Hall–Kier alpha value is -4.18. The zero-order valence-corrected chi connectivity index (χ0v) is 28.2. The van der Waals surface area contributed by atoms with E-state index in [9.17, 15) is 18.8 Å². The Morgan fingerprint density at radius 1 is 1.13 bits per heavy atom. The molecule has 0 spiro atoms. The first-order valence-electron chi connectivity index (χ1n) is 13.5. The number of esters is 1. The second kappa shape index (κ2) is 15.7. The highest BCUT2D eigenvalue weighted by molar-refractivity contribution is 14.1. The van der Waals surface area contributed by atoms with Crippen molar-refractivity contribution >= 4 is 62.6 Å². The summed E-state index contributed by atoms with van der Waals surface area (Å²) in [7, 11) is 1.43. The second-order valence-corrected chi connectivity index (χ2v) is 11.5. The average molecular weight is 795 g/mol. The van der Waals surface area contributed by atoms with E-state index in [0.717, 1.165) is 8.04 Å². The summed E-state index contributed by atoms with van der Waals surface area (Å²) in [6, 6.07) is 13.5. The van der Waals surface area contributed by atoms with Gasteiger partial charge in [-0.3, -0.25) is 4.79 Å². The summed E-state index contributed by atoms with van der Waals surface area (Å²) in [5.41, 5.74) is 4.54. The van der Waals surface area contributed by atoms with Gasteiger partial charge in [-0.15, -0.1) is 0 Å². The predicted octanol–water partition coefficient (Wildman–Crippen LogP) is 5.50. The van der Waals surface area contributed by atoms with Gasteiger partial charge in [0.25, 0.3) is 5.91 Å². The molecule has 0 aliphatic carbocycles. The van der Waals surface area contributed by atoms with Gasteiger partial charge in [0.2, 0.25) is 0 Å². The standard InChI is InChI=1S/C31H29BrFIN4O7/c1-4-43-30(40)27-17(2)36-31(41)37-28(27)18-9-10-24(25(12-18)42-3)44-16-26(39)38-35-14-20-11-21(32)13-23(34)29(20)45-15-19-7-5-6-8-22(19)33/h5-14,28H,4,15-16H2,1-3H3,(H,38,39)(H2,36,37,41)/b35-14+/t28-/m0/s1. The molecule has 14 heteroatoms. The highest BCUT2D eigenvalue weighted by Crippen LogP contribution is 2.35. The lowest BCUT2D eigenvalue weighted by atomic mass is 9.95. The summed E-state index contributed by atoms with van der Waals surface area (Å²) in [5.74, 6) is -0.482. The van der Waals surface area contributed by atoms with Crippen molar-refractivity contribution in [3.8, 4) is 17.2 Å². The molecule has 0 radical (unpaired) electrons. The van der Waals surface area contributed by atoms with Gasteiger partial charge in [-0.1, -0.05) is 40.2 Å². The number of allylic oxidation sites excluding steroid dienone is 1. The van der Waals surface area contributed by atoms with E-state index in [1.54, 1.807) is 56.3 Å². The Morgan fingerprint density at radius 3 is 2.64 bits per heavy atom. The molecule has 3 aromatic rings. The maximum atomic E-state index is 14.1. The molecular formula is C31H29BrFIN4O7. The number of rotatable bonds is 12. The van der Waals surface area contributed by atoms with Gasteiger partial charge < -0.3 is 29.6 Å². The molecule has 3 amide bonds. The van der Waals surface area contributed by atoms with Gasteiger partial charge >= 0.3 is 12.0 Å². The number of hydrogen-bond donors (Lipinski definition) is 3. The van der Waals surface area contributed by atoms with Gasteiger partial charge in [-0.25, -0.2) is 19.4 Å². The third-order valence-corrected chi connectivity index (χ3v) is 7.66. The molecule has 0 fully saturated rings. The molecule has 1 heterocycles. The zero-order valence-electron chi connectivity index (χ0n) is 24.4. The largest absolute Gasteiger partial charge is 0.493 e. The molecule has 236 valence electrons. The van der Waals surface area contributed by atoms with Crippen LogP contribution in [0, 0.1) is 9.39 Å². The van der Waals surface area contributed by atoms with Gasteiger partial charge in [-0.05, 0) is 72.3 Å². The number of ether oxygens (including phenoxy) is 4. The average Bonchev–Trinajstić information content (AvgIpc) is 3.00. The lowest BCUT2D eigenvalue weighted by molar-refractivity contribution is -0.139. The number of amides is 3. The molecule has 1 aliphatic heterocycles. The normalized spacial score (nSPS) is 14.4. The first-order chi connectivity index (χ1) is 21.6. The molecule has 11 nitrogen and oxygen atoms in total. The predicted molar refractivity (Wildman–Crippen MR) is 176 cm³/mol. The minimum absolute atomic E-state index is 0.00993. The number of methoxy groups -OCH3 is 1. The van der Waals surface area contributed by atoms with Crippen LogP contribution in [-0.2, 0) is 20.9 Å². The second-order valence-electron chi connectivity index (χ2n) is 9.47. The molecule has 3 N–H and O–H groups in total. The fourth-order valence-corrected chi connectivity index (χ4v) is 6.06. The Bertz CT molecular complexity index is 1670. The molecule has 0 saturated carbocycles.